The van der Waals surface area contributed by atoms with Gasteiger partial charge in [0, 0.05) is 12.2 Å². The highest BCUT2D eigenvalue weighted by atomic mass is 16.5. The summed E-state index contributed by atoms with van der Waals surface area (Å²) in [6.45, 7) is 0.775. The van der Waals surface area contributed by atoms with Crippen LogP contribution < -0.4 is 10.4 Å². The number of allylic oxidation sites excluding steroid dienone is 3. The molecule has 0 fully saturated rings. The number of hydrogen-bond donors (Lipinski definition) is 2. The van der Waals surface area contributed by atoms with Gasteiger partial charge in [0.05, 0.1) is 19.3 Å². The third-order valence-electron chi connectivity index (χ3n) is 2.93. The molecule has 0 radical (unpaired) electrons. The van der Waals surface area contributed by atoms with E-state index >= 15 is 0 Å². The second-order valence-corrected chi connectivity index (χ2v) is 4.57. The molecule has 1 aromatic rings. The van der Waals surface area contributed by atoms with Crippen LogP contribution in [0.15, 0.2) is 39.6 Å². The minimum absolute atomic E-state index is 0.0333. The summed E-state index contributed by atoms with van der Waals surface area (Å²) in [5.41, 5.74) is -0.911. The van der Waals surface area contributed by atoms with Crippen molar-refractivity contribution >= 4 is 18.0 Å². The van der Waals surface area contributed by atoms with Crippen LogP contribution in [0.25, 0.3) is 6.08 Å². The molecule has 1 rings (SSSR count). The van der Waals surface area contributed by atoms with Crippen LogP contribution >= 0.6 is 0 Å². The Bertz CT molecular complexity index is 768. The van der Waals surface area contributed by atoms with Gasteiger partial charge in [0.25, 0.3) is 0 Å². The number of carboxylic acid groups (broad SMARTS) is 1. The molecule has 0 aliphatic carbocycles. The van der Waals surface area contributed by atoms with E-state index in [0.717, 1.165) is 12.2 Å². The number of aliphatic hydroxyl groups excluding tert-OH is 1. The normalized spacial score (nSPS) is 11.5. The largest absolute Gasteiger partial charge is 0.496 e. The third-order valence-corrected chi connectivity index (χ3v) is 2.93. The number of esters is 1. The quantitative estimate of drug-likeness (QED) is 0.410. The molecule has 25 heavy (non-hydrogen) atoms. The Morgan fingerprint density at radius 1 is 1.20 bits per heavy atom. The maximum Gasteiger partial charge on any atom is 0.346 e. The molecule has 134 valence electrons. The molecule has 8 nitrogen and oxygen atoms in total. The van der Waals surface area contributed by atoms with E-state index < -0.39 is 30.8 Å². The fourth-order valence-electron chi connectivity index (χ4n) is 1.85. The lowest BCUT2D eigenvalue weighted by atomic mass is 10.1. The SMILES string of the molecule is C/C=C/C=CC(=O)OCc1c(OC)c(CO)c(C=CC(=O)O)oc1=O. The molecule has 0 unspecified atom stereocenters. The van der Waals surface area contributed by atoms with Crippen LogP contribution in [0.2, 0.25) is 0 Å². The zero-order valence-electron chi connectivity index (χ0n) is 13.7. The van der Waals surface area contributed by atoms with Crippen LogP contribution in [-0.4, -0.2) is 29.3 Å². The van der Waals surface area contributed by atoms with E-state index in [-0.39, 0.29) is 22.6 Å². The standard InChI is InChI=1S/C17H18O8/c1-3-4-5-6-15(21)24-10-12-16(23-2)11(9-18)13(25-17(12)22)7-8-14(19)20/h3-8,18H,9-10H2,1-2H3,(H,19,20)/b4-3+,6-5?,8-7?. The molecule has 0 saturated carbocycles. The van der Waals surface area contributed by atoms with E-state index in [0.29, 0.717) is 0 Å². The van der Waals surface area contributed by atoms with Crippen molar-refractivity contribution in [2.24, 2.45) is 0 Å². The average Bonchev–Trinajstić information content (AvgIpc) is 2.58. The summed E-state index contributed by atoms with van der Waals surface area (Å²) in [5, 5.41) is 18.1. The van der Waals surface area contributed by atoms with Crippen molar-refractivity contribution in [3.8, 4) is 5.75 Å². The smallest absolute Gasteiger partial charge is 0.346 e. The van der Waals surface area contributed by atoms with Crippen molar-refractivity contribution in [2.45, 2.75) is 20.1 Å². The molecule has 2 N–H and O–H groups in total. The van der Waals surface area contributed by atoms with E-state index in [4.69, 9.17) is 19.0 Å². The number of hydrogen-bond acceptors (Lipinski definition) is 7. The molecule has 0 saturated heterocycles. The second-order valence-electron chi connectivity index (χ2n) is 4.57. The first-order chi connectivity index (χ1) is 11.9. The summed E-state index contributed by atoms with van der Waals surface area (Å²) in [6, 6.07) is 0. The maximum atomic E-state index is 12.1. The molecular weight excluding hydrogens is 332 g/mol. The van der Waals surface area contributed by atoms with Crippen LogP contribution in [-0.2, 0) is 27.5 Å². The number of methoxy groups -OCH3 is 1. The van der Waals surface area contributed by atoms with Crippen molar-refractivity contribution in [3.63, 3.8) is 0 Å². The summed E-state index contributed by atoms with van der Waals surface area (Å²) >= 11 is 0. The lowest BCUT2D eigenvalue weighted by molar-refractivity contribution is -0.139. The van der Waals surface area contributed by atoms with E-state index in [1.165, 1.54) is 19.3 Å². The maximum absolute atomic E-state index is 12.1. The van der Waals surface area contributed by atoms with Gasteiger partial charge in [-0.05, 0) is 13.0 Å². The molecule has 0 atom stereocenters. The van der Waals surface area contributed by atoms with E-state index in [9.17, 15) is 19.5 Å². The van der Waals surface area contributed by atoms with Gasteiger partial charge < -0.3 is 24.1 Å². The molecule has 0 bridgehead atoms. The predicted molar refractivity (Wildman–Crippen MR) is 87.9 cm³/mol. The van der Waals surface area contributed by atoms with E-state index in [2.05, 4.69) is 0 Å². The number of carbonyl (C=O) groups excluding carboxylic acids is 1. The molecule has 0 aromatic carbocycles. The van der Waals surface area contributed by atoms with Gasteiger partial charge in [-0.3, -0.25) is 0 Å². The van der Waals surface area contributed by atoms with Crippen molar-refractivity contribution in [1.82, 2.24) is 0 Å². The topological polar surface area (TPSA) is 123 Å². The van der Waals surface area contributed by atoms with Crippen LogP contribution in [0, 0.1) is 0 Å². The first-order valence-electron chi connectivity index (χ1n) is 7.15. The Hall–Kier alpha value is -3.13. The van der Waals surface area contributed by atoms with Gasteiger partial charge in [-0.1, -0.05) is 18.2 Å². The monoisotopic (exact) mass is 350 g/mol. The van der Waals surface area contributed by atoms with Crippen LogP contribution in [0.5, 0.6) is 5.75 Å². The molecule has 0 aliphatic heterocycles. The molecule has 0 aliphatic rings. The Labute approximate surface area is 143 Å². The summed E-state index contributed by atoms with van der Waals surface area (Å²) in [7, 11) is 1.26. The van der Waals surface area contributed by atoms with Crippen molar-refractivity contribution in [1.29, 1.82) is 0 Å². The second kappa shape index (κ2) is 9.89. The molecular formula is C17H18O8. The third kappa shape index (κ3) is 5.78. The Balaban J connectivity index is 3.18. The minimum atomic E-state index is -1.25. The van der Waals surface area contributed by atoms with Crippen molar-refractivity contribution in [2.75, 3.05) is 7.11 Å². The van der Waals surface area contributed by atoms with Gasteiger partial charge in [-0.15, -0.1) is 0 Å². The van der Waals surface area contributed by atoms with Crippen LogP contribution in [0.3, 0.4) is 0 Å². The number of carboxylic acids is 1. The molecule has 1 heterocycles. The van der Waals surface area contributed by atoms with E-state index in [1.54, 1.807) is 19.1 Å². The summed E-state index contributed by atoms with van der Waals surface area (Å²) in [5.74, 6) is -2.12. The van der Waals surface area contributed by atoms with Gasteiger partial charge in [0.1, 0.15) is 23.7 Å². The number of aliphatic hydroxyl groups is 1. The highest BCUT2D eigenvalue weighted by molar-refractivity contribution is 5.85. The van der Waals surface area contributed by atoms with Gasteiger partial charge in [-0.25, -0.2) is 14.4 Å². The number of carbonyl (C=O) groups is 2. The fraction of sp³-hybridized carbons (Fsp3) is 0.235. The summed E-state index contributed by atoms with van der Waals surface area (Å²) in [6.07, 6.45) is 7.77. The fourth-order valence-corrected chi connectivity index (χ4v) is 1.85. The van der Waals surface area contributed by atoms with Crippen molar-refractivity contribution in [3.05, 3.63) is 57.7 Å². The van der Waals surface area contributed by atoms with Crippen molar-refractivity contribution < 1.29 is 33.7 Å². The zero-order chi connectivity index (χ0) is 18.8. The van der Waals surface area contributed by atoms with Gasteiger partial charge in [0.15, 0.2) is 0 Å². The summed E-state index contributed by atoms with van der Waals surface area (Å²) in [4.78, 5) is 34.2. The molecule has 0 spiro atoms. The van der Waals surface area contributed by atoms with E-state index in [1.807, 2.05) is 0 Å². The predicted octanol–water partition coefficient (Wildman–Crippen LogP) is 1.41. The Morgan fingerprint density at radius 2 is 1.92 bits per heavy atom. The highest BCUT2D eigenvalue weighted by Crippen LogP contribution is 2.26. The first kappa shape index (κ1) is 19.9. The molecule has 0 amide bonds. The first-order valence-corrected chi connectivity index (χ1v) is 7.15. The highest BCUT2D eigenvalue weighted by Gasteiger charge is 2.20. The Morgan fingerprint density at radius 3 is 2.48 bits per heavy atom. The Kier molecular flexibility index (Phi) is 7.88. The zero-order valence-corrected chi connectivity index (χ0v) is 13.7. The number of aliphatic carboxylic acids is 1. The van der Waals surface area contributed by atoms with Gasteiger partial charge >= 0.3 is 17.6 Å². The summed E-state index contributed by atoms with van der Waals surface area (Å²) < 4.78 is 15.0. The lowest BCUT2D eigenvalue weighted by Crippen LogP contribution is -2.16. The van der Waals surface area contributed by atoms with Gasteiger partial charge in [-0.2, -0.15) is 0 Å². The molecule has 1 aromatic heterocycles. The van der Waals surface area contributed by atoms with Crippen LogP contribution in [0.1, 0.15) is 23.8 Å². The van der Waals surface area contributed by atoms with Gasteiger partial charge in [0.2, 0.25) is 0 Å². The average molecular weight is 350 g/mol. The number of rotatable bonds is 8. The lowest BCUT2D eigenvalue weighted by Gasteiger charge is -2.12. The molecule has 8 heteroatoms. The van der Waals surface area contributed by atoms with Crippen LogP contribution in [0.4, 0.5) is 0 Å². The number of ether oxygens (including phenoxy) is 2. The minimum Gasteiger partial charge on any atom is -0.496 e.